The molecule has 0 spiro atoms. The average molecular weight is 361 g/mol. The van der Waals surface area contributed by atoms with E-state index in [0.717, 1.165) is 32.2 Å². The molecule has 1 saturated carbocycles. The lowest BCUT2D eigenvalue weighted by molar-refractivity contribution is -0.0609. The number of rotatable bonds is 7. The summed E-state index contributed by atoms with van der Waals surface area (Å²) in [4.78, 5) is 14.9. The Balaban J connectivity index is 1.64. The standard InChI is InChI=1S/C21H31NO4/c1-3-21(24)10-6-8-17-14-22(15-19(17)21)20(23)16-7-5-9-18(13-16)26-12-11-25-4-2/h5,7,9,13,17,19,24H,3-4,6,8,10-12,14-15H2,1-2H3/t17-,19+,21-/m1/s1. The van der Waals surface area contributed by atoms with Gasteiger partial charge in [0.2, 0.25) is 0 Å². The fraction of sp³-hybridized carbons (Fsp3) is 0.667. The molecular formula is C21H31NO4. The molecule has 3 rings (SSSR count). The zero-order valence-electron chi connectivity index (χ0n) is 15.9. The van der Waals surface area contributed by atoms with E-state index in [1.54, 1.807) is 0 Å². The van der Waals surface area contributed by atoms with Crippen LogP contribution in [0.5, 0.6) is 5.75 Å². The Morgan fingerprint density at radius 3 is 2.92 bits per heavy atom. The number of amides is 1. The van der Waals surface area contributed by atoms with Crippen molar-refractivity contribution in [2.45, 2.75) is 45.1 Å². The largest absolute Gasteiger partial charge is 0.491 e. The number of hydrogen-bond acceptors (Lipinski definition) is 4. The van der Waals surface area contributed by atoms with Gasteiger partial charge in [-0.05, 0) is 50.3 Å². The van der Waals surface area contributed by atoms with Gasteiger partial charge in [-0.1, -0.05) is 19.4 Å². The first-order valence-electron chi connectivity index (χ1n) is 9.89. The molecule has 5 nitrogen and oxygen atoms in total. The summed E-state index contributed by atoms with van der Waals surface area (Å²) >= 11 is 0. The third-order valence-corrected chi connectivity index (χ3v) is 6.00. The second kappa shape index (κ2) is 8.40. The summed E-state index contributed by atoms with van der Waals surface area (Å²) in [5.74, 6) is 1.35. The number of aliphatic hydroxyl groups is 1. The van der Waals surface area contributed by atoms with E-state index in [0.29, 0.717) is 43.6 Å². The van der Waals surface area contributed by atoms with Gasteiger partial charge in [-0.3, -0.25) is 4.79 Å². The molecule has 2 fully saturated rings. The van der Waals surface area contributed by atoms with Crippen LogP contribution in [-0.2, 0) is 4.74 Å². The molecular weight excluding hydrogens is 330 g/mol. The summed E-state index contributed by atoms with van der Waals surface area (Å²) in [6.45, 7) is 7.10. The first-order valence-corrected chi connectivity index (χ1v) is 9.89. The van der Waals surface area contributed by atoms with Gasteiger partial charge in [-0.15, -0.1) is 0 Å². The summed E-state index contributed by atoms with van der Waals surface area (Å²) in [7, 11) is 0. The molecule has 0 bridgehead atoms. The highest BCUT2D eigenvalue weighted by atomic mass is 16.5. The minimum absolute atomic E-state index is 0.0353. The van der Waals surface area contributed by atoms with E-state index in [-0.39, 0.29) is 11.8 Å². The molecule has 3 atom stereocenters. The van der Waals surface area contributed by atoms with Crippen molar-refractivity contribution in [3.63, 3.8) is 0 Å². The lowest BCUT2D eigenvalue weighted by Crippen LogP contribution is -2.44. The van der Waals surface area contributed by atoms with Crippen LogP contribution in [0.1, 0.15) is 49.9 Å². The van der Waals surface area contributed by atoms with Crippen molar-refractivity contribution >= 4 is 5.91 Å². The van der Waals surface area contributed by atoms with Crippen LogP contribution >= 0.6 is 0 Å². The van der Waals surface area contributed by atoms with Crippen molar-refractivity contribution in [2.75, 3.05) is 32.9 Å². The Labute approximate surface area is 156 Å². The van der Waals surface area contributed by atoms with Crippen LogP contribution in [0.4, 0.5) is 0 Å². The van der Waals surface area contributed by atoms with Crippen LogP contribution in [0.3, 0.4) is 0 Å². The molecule has 1 aliphatic heterocycles. The van der Waals surface area contributed by atoms with Gasteiger partial charge in [-0.25, -0.2) is 0 Å². The van der Waals surface area contributed by atoms with E-state index < -0.39 is 5.60 Å². The molecule has 5 heteroatoms. The number of fused-ring (bicyclic) bond motifs is 1. The quantitative estimate of drug-likeness (QED) is 0.758. The number of likely N-dealkylation sites (tertiary alicyclic amines) is 1. The molecule has 0 unspecified atom stereocenters. The first kappa shape index (κ1) is 19.2. The topological polar surface area (TPSA) is 59.0 Å². The number of ether oxygens (including phenoxy) is 2. The van der Waals surface area contributed by atoms with Crippen LogP contribution in [0.15, 0.2) is 24.3 Å². The fourth-order valence-electron chi connectivity index (χ4n) is 4.50. The first-order chi connectivity index (χ1) is 12.6. The van der Waals surface area contributed by atoms with E-state index in [1.165, 1.54) is 0 Å². The number of hydrogen-bond donors (Lipinski definition) is 1. The molecule has 1 aromatic rings. The van der Waals surface area contributed by atoms with E-state index in [2.05, 4.69) is 6.92 Å². The van der Waals surface area contributed by atoms with E-state index >= 15 is 0 Å². The third kappa shape index (κ3) is 4.04. The molecule has 2 aliphatic rings. The molecule has 1 amide bonds. The van der Waals surface area contributed by atoms with Crippen LogP contribution in [0.25, 0.3) is 0 Å². The van der Waals surface area contributed by atoms with E-state index in [1.807, 2.05) is 36.1 Å². The smallest absolute Gasteiger partial charge is 0.254 e. The highest BCUT2D eigenvalue weighted by Gasteiger charge is 2.48. The van der Waals surface area contributed by atoms with Gasteiger partial charge in [0.05, 0.1) is 12.2 Å². The molecule has 1 saturated heterocycles. The van der Waals surface area contributed by atoms with Crippen molar-refractivity contribution in [1.29, 1.82) is 0 Å². The monoisotopic (exact) mass is 361 g/mol. The van der Waals surface area contributed by atoms with Crippen molar-refractivity contribution in [3.8, 4) is 5.75 Å². The van der Waals surface area contributed by atoms with E-state index in [9.17, 15) is 9.90 Å². The molecule has 0 radical (unpaired) electrons. The summed E-state index contributed by atoms with van der Waals surface area (Å²) in [5.41, 5.74) is 0.0416. The predicted octanol–water partition coefficient (Wildman–Crippen LogP) is 3.12. The SMILES string of the molecule is CCOCCOc1cccc(C(=O)N2C[C@H]3CCC[C@](O)(CC)[C@H]3C2)c1. The van der Waals surface area contributed by atoms with Gasteiger partial charge in [-0.2, -0.15) is 0 Å². The highest BCUT2D eigenvalue weighted by Crippen LogP contribution is 2.44. The Morgan fingerprint density at radius 1 is 1.31 bits per heavy atom. The summed E-state index contributed by atoms with van der Waals surface area (Å²) < 4.78 is 10.9. The molecule has 1 aliphatic carbocycles. The Morgan fingerprint density at radius 2 is 2.15 bits per heavy atom. The van der Waals surface area contributed by atoms with Gasteiger partial charge in [0.1, 0.15) is 12.4 Å². The maximum atomic E-state index is 13.0. The maximum absolute atomic E-state index is 13.0. The molecule has 1 N–H and O–H groups in total. The van der Waals surface area contributed by atoms with E-state index in [4.69, 9.17) is 9.47 Å². The molecule has 1 heterocycles. The fourth-order valence-corrected chi connectivity index (χ4v) is 4.50. The minimum atomic E-state index is -0.609. The minimum Gasteiger partial charge on any atom is -0.491 e. The van der Waals surface area contributed by atoms with Crippen LogP contribution in [0.2, 0.25) is 0 Å². The number of benzene rings is 1. The Hall–Kier alpha value is -1.59. The van der Waals surface area contributed by atoms with Gasteiger partial charge in [0, 0.05) is 31.2 Å². The van der Waals surface area contributed by atoms with Gasteiger partial charge in [0.25, 0.3) is 5.91 Å². The molecule has 26 heavy (non-hydrogen) atoms. The maximum Gasteiger partial charge on any atom is 0.254 e. The Bertz CT molecular complexity index is 620. The lowest BCUT2D eigenvalue weighted by Gasteiger charge is -2.40. The number of carbonyl (C=O) groups is 1. The number of nitrogens with zero attached hydrogens (tertiary/aromatic N) is 1. The van der Waals surface area contributed by atoms with Crippen LogP contribution in [0, 0.1) is 11.8 Å². The second-order valence-electron chi connectivity index (χ2n) is 7.50. The van der Waals surface area contributed by atoms with Crippen molar-refractivity contribution in [2.24, 2.45) is 11.8 Å². The van der Waals surface area contributed by atoms with Crippen molar-refractivity contribution in [3.05, 3.63) is 29.8 Å². The van der Waals surface area contributed by atoms with Crippen LogP contribution in [-0.4, -0.2) is 54.4 Å². The van der Waals surface area contributed by atoms with Crippen molar-refractivity contribution in [1.82, 2.24) is 4.90 Å². The molecule has 1 aromatic carbocycles. The van der Waals surface area contributed by atoms with Crippen LogP contribution < -0.4 is 4.74 Å². The molecule has 144 valence electrons. The third-order valence-electron chi connectivity index (χ3n) is 6.00. The van der Waals surface area contributed by atoms with Gasteiger partial charge < -0.3 is 19.5 Å². The van der Waals surface area contributed by atoms with Gasteiger partial charge in [0.15, 0.2) is 0 Å². The Kier molecular flexibility index (Phi) is 6.20. The normalized spacial score (nSPS) is 28.0. The second-order valence-corrected chi connectivity index (χ2v) is 7.50. The summed E-state index contributed by atoms with van der Waals surface area (Å²) in [5, 5.41) is 10.9. The van der Waals surface area contributed by atoms with Gasteiger partial charge >= 0.3 is 0 Å². The average Bonchev–Trinajstić information content (AvgIpc) is 3.11. The zero-order chi connectivity index (χ0) is 18.6. The molecule has 0 aromatic heterocycles. The summed E-state index contributed by atoms with van der Waals surface area (Å²) in [6, 6.07) is 7.37. The zero-order valence-corrected chi connectivity index (χ0v) is 15.9. The predicted molar refractivity (Wildman–Crippen MR) is 100 cm³/mol. The van der Waals surface area contributed by atoms with Crippen molar-refractivity contribution < 1.29 is 19.4 Å². The summed E-state index contributed by atoms with van der Waals surface area (Å²) in [6.07, 6.45) is 3.78. The highest BCUT2D eigenvalue weighted by molar-refractivity contribution is 5.94. The number of carbonyl (C=O) groups excluding carboxylic acids is 1. The lowest BCUT2D eigenvalue weighted by atomic mass is 9.69.